The molecule has 0 radical (unpaired) electrons. The van der Waals surface area contributed by atoms with E-state index in [4.69, 9.17) is 0 Å². The molecule has 0 aromatic heterocycles. The highest BCUT2D eigenvalue weighted by Crippen LogP contribution is 2.26. The molecular formula is C23H36F5N7O3. The van der Waals surface area contributed by atoms with E-state index in [-0.39, 0.29) is 38.2 Å². The number of nitrogens with zero attached hydrogens (tertiary/aromatic N) is 1. The number of nitrogens with one attached hydrogen (secondary N) is 6. The Morgan fingerprint density at radius 2 is 0.895 bits per heavy atom. The van der Waals surface area contributed by atoms with Gasteiger partial charge in [-0.25, -0.2) is 36.3 Å². The Hall–Kier alpha value is -3.36. The van der Waals surface area contributed by atoms with Gasteiger partial charge in [0.1, 0.15) is 5.69 Å². The van der Waals surface area contributed by atoms with Crippen molar-refractivity contribution in [3.05, 3.63) is 29.1 Å². The molecule has 15 heteroatoms. The zero-order valence-corrected chi connectivity index (χ0v) is 22.3. The Labute approximate surface area is 218 Å². The fourth-order valence-corrected chi connectivity index (χ4v) is 2.96. The Kier molecular flexibility index (Phi) is 12.0. The Morgan fingerprint density at radius 3 is 1.24 bits per heavy atom. The van der Waals surface area contributed by atoms with E-state index in [1.165, 1.54) is 0 Å². The smallest absolute Gasteiger partial charge is 0.319 e. The maximum atomic E-state index is 13.8. The fourth-order valence-electron chi connectivity index (χ4n) is 2.96. The van der Waals surface area contributed by atoms with E-state index in [9.17, 15) is 36.3 Å². The average Bonchev–Trinajstić information content (AvgIpc) is 2.76. The maximum Gasteiger partial charge on any atom is 0.319 e. The number of hydrogen-bond donors (Lipinski definition) is 6. The van der Waals surface area contributed by atoms with E-state index in [0.29, 0.717) is 13.1 Å². The molecule has 1 rings (SSSR count). The third-order valence-electron chi connectivity index (χ3n) is 4.57. The highest BCUT2D eigenvalue weighted by Gasteiger charge is 2.27. The van der Waals surface area contributed by atoms with E-state index in [0.717, 1.165) is 0 Å². The van der Waals surface area contributed by atoms with Crippen molar-refractivity contribution in [2.75, 3.05) is 44.6 Å². The summed E-state index contributed by atoms with van der Waals surface area (Å²) in [6, 6.07) is -1.97. The first-order valence-corrected chi connectivity index (χ1v) is 11.8. The van der Waals surface area contributed by atoms with Gasteiger partial charge < -0.3 is 31.9 Å². The molecule has 38 heavy (non-hydrogen) atoms. The molecule has 0 spiro atoms. The van der Waals surface area contributed by atoms with Crippen LogP contribution in [-0.2, 0) is 0 Å². The monoisotopic (exact) mass is 553 g/mol. The molecule has 0 aliphatic heterocycles. The zero-order chi connectivity index (χ0) is 29.3. The van der Waals surface area contributed by atoms with Crippen molar-refractivity contribution < 1.29 is 36.3 Å². The summed E-state index contributed by atoms with van der Waals surface area (Å²) in [6.45, 7) is 12.0. The topological polar surface area (TPSA) is 127 Å². The standard InChI is InChI=1S/C23H36F5N7O3/c1-22(2,3)33-20(37)30-8-11-35(12-9-31-21(38)34-23(4,5)6)10-7-29-19(36)32-18-16(27)14(25)13(24)15(26)17(18)28/h7-12H2,1-6H3,(H2,29,32,36)(H2,30,33,37)(H2,31,34,38). The maximum absolute atomic E-state index is 13.8. The Bertz CT molecular complexity index is 934. The number of benzene rings is 1. The summed E-state index contributed by atoms with van der Waals surface area (Å²) >= 11 is 0. The van der Waals surface area contributed by atoms with Crippen LogP contribution in [0.3, 0.4) is 0 Å². The summed E-state index contributed by atoms with van der Waals surface area (Å²) in [5, 5.41) is 14.7. The molecule has 0 heterocycles. The second-order valence-electron chi connectivity index (χ2n) is 10.4. The lowest BCUT2D eigenvalue weighted by molar-refractivity contribution is 0.223. The van der Waals surface area contributed by atoms with Crippen molar-refractivity contribution in [3.8, 4) is 0 Å². The summed E-state index contributed by atoms with van der Waals surface area (Å²) in [4.78, 5) is 37.7. The minimum absolute atomic E-state index is 0.0936. The Morgan fingerprint density at radius 1 is 0.579 bits per heavy atom. The van der Waals surface area contributed by atoms with Crippen molar-refractivity contribution in [3.63, 3.8) is 0 Å². The number of rotatable bonds is 10. The summed E-state index contributed by atoms with van der Waals surface area (Å²) in [7, 11) is 0. The Balaban J connectivity index is 2.69. The first kappa shape index (κ1) is 32.7. The van der Waals surface area contributed by atoms with Crippen LogP contribution in [0.25, 0.3) is 0 Å². The normalized spacial score (nSPS) is 11.7. The second-order valence-corrected chi connectivity index (χ2v) is 10.4. The number of amides is 6. The molecule has 216 valence electrons. The molecule has 0 aliphatic carbocycles. The molecule has 10 nitrogen and oxygen atoms in total. The van der Waals surface area contributed by atoms with Crippen LogP contribution in [0.4, 0.5) is 42.0 Å². The minimum atomic E-state index is -2.34. The minimum Gasteiger partial charge on any atom is -0.337 e. The highest BCUT2D eigenvalue weighted by atomic mass is 19.2. The number of halogens is 5. The summed E-state index contributed by atoms with van der Waals surface area (Å²) in [6.07, 6.45) is 0. The van der Waals surface area contributed by atoms with E-state index >= 15 is 0 Å². The molecule has 1 aromatic rings. The van der Waals surface area contributed by atoms with E-state index < -0.39 is 51.9 Å². The van der Waals surface area contributed by atoms with Gasteiger partial charge in [-0.3, -0.25) is 4.90 Å². The molecule has 0 bridgehead atoms. The van der Waals surface area contributed by atoms with Crippen LogP contribution in [0, 0.1) is 29.1 Å². The van der Waals surface area contributed by atoms with Gasteiger partial charge in [0.15, 0.2) is 23.3 Å². The van der Waals surface area contributed by atoms with Gasteiger partial charge in [-0.1, -0.05) is 0 Å². The number of anilines is 1. The predicted octanol–water partition coefficient (Wildman–Crippen LogP) is 3.00. The van der Waals surface area contributed by atoms with Gasteiger partial charge in [-0.15, -0.1) is 0 Å². The summed E-state index contributed by atoms with van der Waals surface area (Å²) in [5.41, 5.74) is -2.36. The van der Waals surface area contributed by atoms with Crippen molar-refractivity contribution in [1.29, 1.82) is 0 Å². The van der Waals surface area contributed by atoms with Crippen LogP contribution < -0.4 is 31.9 Å². The number of carbonyl (C=O) groups is 3. The number of urea groups is 3. The SMILES string of the molecule is CC(C)(C)NC(=O)NCCN(CCNC(=O)Nc1c(F)c(F)c(F)c(F)c1F)CCNC(=O)NC(C)(C)C. The molecule has 6 amide bonds. The fraction of sp³-hybridized carbons (Fsp3) is 0.609. The van der Waals surface area contributed by atoms with Gasteiger partial charge in [0.2, 0.25) is 5.82 Å². The van der Waals surface area contributed by atoms with Gasteiger partial charge in [-0.2, -0.15) is 0 Å². The molecule has 0 aliphatic rings. The number of carbonyl (C=O) groups excluding carboxylic acids is 3. The molecule has 6 N–H and O–H groups in total. The lowest BCUT2D eigenvalue weighted by Crippen LogP contribution is -2.50. The van der Waals surface area contributed by atoms with Crippen molar-refractivity contribution in [1.82, 2.24) is 31.5 Å². The molecular weight excluding hydrogens is 517 g/mol. The first-order valence-electron chi connectivity index (χ1n) is 11.8. The molecule has 0 saturated heterocycles. The molecule has 0 saturated carbocycles. The number of hydrogen-bond acceptors (Lipinski definition) is 4. The van der Waals surface area contributed by atoms with Crippen LogP contribution in [0.15, 0.2) is 0 Å². The van der Waals surface area contributed by atoms with Gasteiger partial charge in [-0.05, 0) is 41.5 Å². The average molecular weight is 554 g/mol. The summed E-state index contributed by atoms with van der Waals surface area (Å²) < 4.78 is 67.4. The summed E-state index contributed by atoms with van der Waals surface area (Å²) in [5.74, 6) is -11.0. The molecule has 0 atom stereocenters. The predicted molar refractivity (Wildman–Crippen MR) is 132 cm³/mol. The largest absolute Gasteiger partial charge is 0.337 e. The molecule has 1 aromatic carbocycles. The molecule has 0 fully saturated rings. The van der Waals surface area contributed by atoms with Gasteiger partial charge in [0.25, 0.3) is 0 Å². The van der Waals surface area contributed by atoms with Crippen LogP contribution >= 0.6 is 0 Å². The van der Waals surface area contributed by atoms with Gasteiger partial charge >= 0.3 is 18.1 Å². The third kappa shape index (κ3) is 11.8. The van der Waals surface area contributed by atoms with Crippen molar-refractivity contribution in [2.45, 2.75) is 52.6 Å². The van der Waals surface area contributed by atoms with Gasteiger partial charge in [0, 0.05) is 50.3 Å². The van der Waals surface area contributed by atoms with Crippen LogP contribution in [-0.4, -0.2) is 73.3 Å². The quantitative estimate of drug-likeness (QED) is 0.151. The van der Waals surface area contributed by atoms with E-state index in [1.807, 2.05) is 41.5 Å². The van der Waals surface area contributed by atoms with E-state index in [2.05, 4.69) is 26.6 Å². The van der Waals surface area contributed by atoms with Crippen molar-refractivity contribution >= 4 is 23.8 Å². The highest BCUT2D eigenvalue weighted by molar-refractivity contribution is 5.89. The van der Waals surface area contributed by atoms with Crippen LogP contribution in [0.5, 0.6) is 0 Å². The third-order valence-corrected chi connectivity index (χ3v) is 4.57. The lowest BCUT2D eigenvalue weighted by atomic mass is 10.1. The zero-order valence-electron chi connectivity index (χ0n) is 22.3. The lowest BCUT2D eigenvalue weighted by Gasteiger charge is -2.25. The molecule has 0 unspecified atom stereocenters. The van der Waals surface area contributed by atoms with Crippen LogP contribution in [0.2, 0.25) is 0 Å². The van der Waals surface area contributed by atoms with Crippen LogP contribution in [0.1, 0.15) is 41.5 Å². The van der Waals surface area contributed by atoms with Gasteiger partial charge in [0.05, 0.1) is 0 Å². The first-order chi connectivity index (χ1) is 17.4. The van der Waals surface area contributed by atoms with Crippen molar-refractivity contribution in [2.24, 2.45) is 0 Å². The van der Waals surface area contributed by atoms with E-state index in [1.54, 1.807) is 10.2 Å². The second kappa shape index (κ2) is 14.0.